The van der Waals surface area contributed by atoms with Gasteiger partial charge in [0.1, 0.15) is 17.6 Å². The fourth-order valence-electron chi connectivity index (χ4n) is 4.91. The summed E-state index contributed by atoms with van der Waals surface area (Å²) in [7, 11) is 3.09. The first-order valence-electron chi connectivity index (χ1n) is 11.0. The SMILES string of the molecule is COc1ccc(N2C(=O)N(C3CCC(C(N)=O)CC3)Cc3c(C)ccc(OC)c32)cc1C#N. The zero-order valence-corrected chi connectivity index (χ0v) is 19.1. The van der Waals surface area contributed by atoms with E-state index in [0.29, 0.717) is 47.8 Å². The largest absolute Gasteiger partial charge is 0.495 e. The summed E-state index contributed by atoms with van der Waals surface area (Å²) < 4.78 is 10.9. The number of carbonyl (C=O) groups is 2. The number of ether oxygens (including phenoxy) is 2. The number of primary amides is 1. The van der Waals surface area contributed by atoms with E-state index in [1.165, 1.54) is 7.11 Å². The molecule has 1 fully saturated rings. The number of rotatable bonds is 5. The molecule has 0 aromatic heterocycles. The summed E-state index contributed by atoms with van der Waals surface area (Å²) in [6.45, 7) is 2.48. The van der Waals surface area contributed by atoms with Crippen LogP contribution in [-0.2, 0) is 11.3 Å². The number of methoxy groups -OCH3 is 2. The van der Waals surface area contributed by atoms with Crippen LogP contribution in [0.3, 0.4) is 0 Å². The summed E-state index contributed by atoms with van der Waals surface area (Å²) in [5.41, 5.74) is 9.16. The summed E-state index contributed by atoms with van der Waals surface area (Å²) in [5.74, 6) is 0.638. The topological polar surface area (TPSA) is 109 Å². The molecule has 0 spiro atoms. The Kier molecular flexibility index (Phi) is 6.14. The van der Waals surface area contributed by atoms with Gasteiger partial charge in [0.25, 0.3) is 0 Å². The number of amides is 3. The molecule has 4 rings (SSSR count). The second-order valence-corrected chi connectivity index (χ2v) is 8.56. The number of fused-ring (bicyclic) bond motifs is 1. The van der Waals surface area contributed by atoms with Gasteiger partial charge in [0.2, 0.25) is 5.91 Å². The van der Waals surface area contributed by atoms with Crippen molar-refractivity contribution in [2.24, 2.45) is 11.7 Å². The Morgan fingerprint density at radius 2 is 1.76 bits per heavy atom. The smallest absolute Gasteiger partial charge is 0.329 e. The van der Waals surface area contributed by atoms with Gasteiger partial charge in [0.15, 0.2) is 0 Å². The predicted octanol–water partition coefficient (Wildman–Crippen LogP) is 4.00. The lowest BCUT2D eigenvalue weighted by Gasteiger charge is -2.44. The van der Waals surface area contributed by atoms with E-state index in [0.717, 1.165) is 24.0 Å². The molecule has 8 nitrogen and oxygen atoms in total. The normalized spacial score (nSPS) is 20.1. The Morgan fingerprint density at radius 1 is 1.09 bits per heavy atom. The van der Waals surface area contributed by atoms with Crippen molar-refractivity contribution in [2.75, 3.05) is 19.1 Å². The van der Waals surface area contributed by atoms with E-state index in [-0.39, 0.29) is 23.9 Å². The molecule has 33 heavy (non-hydrogen) atoms. The third-order valence-corrected chi connectivity index (χ3v) is 6.79. The van der Waals surface area contributed by atoms with Crippen LogP contribution in [-0.4, -0.2) is 37.1 Å². The molecular formula is C25H28N4O4. The highest BCUT2D eigenvalue weighted by atomic mass is 16.5. The Hall–Kier alpha value is -3.73. The predicted molar refractivity (Wildman–Crippen MR) is 123 cm³/mol. The van der Waals surface area contributed by atoms with E-state index in [2.05, 4.69) is 6.07 Å². The number of benzene rings is 2. The molecular weight excluding hydrogens is 420 g/mol. The third kappa shape index (κ3) is 3.95. The maximum atomic E-state index is 13.9. The zero-order valence-electron chi connectivity index (χ0n) is 19.1. The number of anilines is 2. The molecule has 1 saturated carbocycles. The van der Waals surface area contributed by atoms with Crippen molar-refractivity contribution >= 4 is 23.3 Å². The third-order valence-electron chi connectivity index (χ3n) is 6.79. The molecule has 0 unspecified atom stereocenters. The van der Waals surface area contributed by atoms with E-state index in [1.807, 2.05) is 24.0 Å². The van der Waals surface area contributed by atoms with E-state index >= 15 is 0 Å². The van der Waals surface area contributed by atoms with E-state index < -0.39 is 0 Å². The average molecular weight is 449 g/mol. The van der Waals surface area contributed by atoms with Crippen LogP contribution in [0, 0.1) is 24.2 Å². The summed E-state index contributed by atoms with van der Waals surface area (Å²) in [5, 5.41) is 9.60. The van der Waals surface area contributed by atoms with Gasteiger partial charge < -0.3 is 20.1 Å². The van der Waals surface area contributed by atoms with Crippen LogP contribution in [0.4, 0.5) is 16.2 Å². The lowest BCUT2D eigenvalue weighted by molar-refractivity contribution is -0.123. The maximum Gasteiger partial charge on any atom is 0.329 e. The first-order chi connectivity index (χ1) is 15.9. The van der Waals surface area contributed by atoms with Crippen LogP contribution in [0.15, 0.2) is 30.3 Å². The fourth-order valence-corrected chi connectivity index (χ4v) is 4.91. The highest BCUT2D eigenvalue weighted by Crippen LogP contribution is 2.45. The van der Waals surface area contributed by atoms with Gasteiger partial charge in [-0.2, -0.15) is 5.26 Å². The van der Waals surface area contributed by atoms with E-state index in [9.17, 15) is 14.9 Å². The average Bonchev–Trinajstić information content (AvgIpc) is 2.83. The maximum absolute atomic E-state index is 13.9. The number of hydrogen-bond donors (Lipinski definition) is 1. The summed E-state index contributed by atoms with van der Waals surface area (Å²) in [6.07, 6.45) is 2.79. The van der Waals surface area contributed by atoms with Crippen molar-refractivity contribution < 1.29 is 19.1 Å². The lowest BCUT2D eigenvalue weighted by atomic mass is 9.84. The van der Waals surface area contributed by atoms with Gasteiger partial charge >= 0.3 is 6.03 Å². The van der Waals surface area contributed by atoms with Gasteiger partial charge in [0, 0.05) is 17.5 Å². The van der Waals surface area contributed by atoms with E-state index in [4.69, 9.17) is 15.2 Å². The molecule has 8 heteroatoms. The van der Waals surface area contributed by atoms with Gasteiger partial charge in [-0.25, -0.2) is 4.79 Å². The second kappa shape index (κ2) is 9.02. The van der Waals surface area contributed by atoms with Gasteiger partial charge in [-0.15, -0.1) is 0 Å². The Labute approximate surface area is 193 Å². The molecule has 0 bridgehead atoms. The van der Waals surface area contributed by atoms with Gasteiger partial charge in [-0.05, 0) is 62.4 Å². The molecule has 172 valence electrons. The van der Waals surface area contributed by atoms with Crippen molar-refractivity contribution in [3.63, 3.8) is 0 Å². The highest BCUT2D eigenvalue weighted by molar-refractivity contribution is 6.04. The molecule has 1 aliphatic carbocycles. The molecule has 2 N–H and O–H groups in total. The number of nitrogens with two attached hydrogens (primary N) is 1. The fraction of sp³-hybridized carbons (Fsp3) is 0.400. The zero-order chi connectivity index (χ0) is 23.7. The van der Waals surface area contributed by atoms with Crippen LogP contribution in [0.25, 0.3) is 0 Å². The molecule has 0 radical (unpaired) electrons. The molecule has 2 aromatic rings. The minimum Gasteiger partial charge on any atom is -0.495 e. The Balaban J connectivity index is 1.80. The van der Waals surface area contributed by atoms with Crippen LogP contribution in [0.2, 0.25) is 0 Å². The number of aryl methyl sites for hydroxylation is 1. The lowest BCUT2D eigenvalue weighted by Crippen LogP contribution is -2.51. The van der Waals surface area contributed by atoms with Gasteiger partial charge in [-0.1, -0.05) is 6.07 Å². The molecule has 2 aromatic carbocycles. The molecule has 0 saturated heterocycles. The van der Waals surface area contributed by atoms with Gasteiger partial charge in [0.05, 0.1) is 37.7 Å². The standard InChI is InChI=1S/C25H28N4O4/c1-15-4-10-22(33-3)23-20(15)14-28(18-7-5-16(6-8-18)24(27)30)25(31)29(23)19-9-11-21(32-2)17(12-19)13-26/h4,9-12,16,18H,5-8,14H2,1-3H3,(H2,27,30). The second-order valence-electron chi connectivity index (χ2n) is 8.56. The number of nitriles is 1. The first kappa shape index (κ1) is 22.5. The molecule has 0 atom stereocenters. The van der Waals surface area contributed by atoms with Crippen LogP contribution < -0.4 is 20.1 Å². The minimum atomic E-state index is -0.270. The summed E-state index contributed by atoms with van der Waals surface area (Å²) in [4.78, 5) is 29.0. The molecule has 1 aliphatic heterocycles. The number of nitrogens with zero attached hydrogens (tertiary/aromatic N) is 3. The first-order valence-corrected chi connectivity index (χ1v) is 11.0. The summed E-state index contributed by atoms with van der Waals surface area (Å²) >= 11 is 0. The van der Waals surface area contributed by atoms with Crippen LogP contribution in [0.1, 0.15) is 42.4 Å². The van der Waals surface area contributed by atoms with Crippen molar-refractivity contribution in [3.8, 4) is 17.6 Å². The Morgan fingerprint density at radius 3 is 2.36 bits per heavy atom. The highest BCUT2D eigenvalue weighted by Gasteiger charge is 2.40. The van der Waals surface area contributed by atoms with Crippen molar-refractivity contribution in [1.29, 1.82) is 5.26 Å². The van der Waals surface area contributed by atoms with Crippen molar-refractivity contribution in [3.05, 3.63) is 47.0 Å². The Bertz CT molecular complexity index is 1130. The molecule has 1 heterocycles. The number of hydrogen-bond acceptors (Lipinski definition) is 5. The molecule has 2 aliphatic rings. The molecule has 3 amide bonds. The number of carbonyl (C=O) groups excluding carboxylic acids is 2. The van der Waals surface area contributed by atoms with Crippen LogP contribution in [0.5, 0.6) is 11.5 Å². The number of urea groups is 1. The van der Waals surface area contributed by atoms with Gasteiger partial charge in [-0.3, -0.25) is 9.69 Å². The van der Waals surface area contributed by atoms with Crippen molar-refractivity contribution in [1.82, 2.24) is 4.90 Å². The minimum absolute atomic E-state index is 0.00281. The van der Waals surface area contributed by atoms with E-state index in [1.54, 1.807) is 30.2 Å². The quantitative estimate of drug-likeness (QED) is 0.744. The summed E-state index contributed by atoms with van der Waals surface area (Å²) in [6, 6.07) is 10.9. The van der Waals surface area contributed by atoms with Crippen molar-refractivity contribution in [2.45, 2.75) is 45.2 Å². The van der Waals surface area contributed by atoms with Crippen LogP contribution >= 0.6 is 0 Å². The monoisotopic (exact) mass is 448 g/mol.